The number of urea groups is 1. The number of carbonyl (C=O) groups excluding carboxylic acids is 3. The standard InChI is InChI=1S/C16H20N4O3/c1-11-5-8-17-12(9-11)18-15(23)20-10-13(21)19-14(22)16(20)6-3-2-4-7-16/h5,8-9H,2-4,6-7,10H2,1H3,(H,17,18,23)(H,19,21,22). The van der Waals surface area contributed by atoms with Crippen LogP contribution in [0.4, 0.5) is 10.6 Å². The number of nitrogens with one attached hydrogen (secondary N) is 2. The molecule has 122 valence electrons. The smallest absolute Gasteiger partial charge is 0.300 e. The minimum atomic E-state index is -0.917. The van der Waals surface area contributed by atoms with Crippen LogP contribution in [0, 0.1) is 6.92 Å². The molecule has 1 spiro atoms. The van der Waals surface area contributed by atoms with Gasteiger partial charge in [-0.1, -0.05) is 19.3 Å². The van der Waals surface area contributed by atoms with E-state index in [2.05, 4.69) is 15.6 Å². The van der Waals surface area contributed by atoms with Crippen molar-refractivity contribution in [3.8, 4) is 0 Å². The van der Waals surface area contributed by atoms with Crippen molar-refractivity contribution in [1.82, 2.24) is 15.2 Å². The second-order valence-electron chi connectivity index (χ2n) is 6.20. The average Bonchev–Trinajstić information content (AvgIpc) is 2.52. The lowest BCUT2D eigenvalue weighted by atomic mass is 9.78. The summed E-state index contributed by atoms with van der Waals surface area (Å²) in [5.41, 5.74) is 0.0511. The lowest BCUT2D eigenvalue weighted by Crippen LogP contribution is -2.69. The van der Waals surface area contributed by atoms with Crippen molar-refractivity contribution >= 4 is 23.7 Å². The molecule has 1 aromatic heterocycles. The number of aryl methyl sites for hydroxylation is 1. The summed E-state index contributed by atoms with van der Waals surface area (Å²) < 4.78 is 0. The lowest BCUT2D eigenvalue weighted by Gasteiger charge is -2.46. The molecule has 4 amide bonds. The molecular weight excluding hydrogens is 296 g/mol. The van der Waals surface area contributed by atoms with Gasteiger partial charge in [0.2, 0.25) is 5.91 Å². The van der Waals surface area contributed by atoms with Crippen LogP contribution >= 0.6 is 0 Å². The molecule has 1 aromatic rings. The first-order valence-electron chi connectivity index (χ1n) is 7.87. The highest BCUT2D eigenvalue weighted by Crippen LogP contribution is 2.35. The molecule has 0 bridgehead atoms. The largest absolute Gasteiger partial charge is 0.324 e. The van der Waals surface area contributed by atoms with E-state index in [1.165, 1.54) is 4.90 Å². The molecule has 2 aliphatic rings. The summed E-state index contributed by atoms with van der Waals surface area (Å²) in [4.78, 5) is 42.4. The molecule has 1 saturated carbocycles. The molecule has 2 heterocycles. The maximum atomic E-state index is 12.7. The highest BCUT2D eigenvalue weighted by molar-refractivity contribution is 6.07. The summed E-state index contributed by atoms with van der Waals surface area (Å²) >= 11 is 0. The van der Waals surface area contributed by atoms with Crippen molar-refractivity contribution in [3.63, 3.8) is 0 Å². The van der Waals surface area contributed by atoms with Crippen LogP contribution in [0.25, 0.3) is 0 Å². The molecule has 2 N–H and O–H groups in total. The Hall–Kier alpha value is -2.44. The zero-order valence-electron chi connectivity index (χ0n) is 13.1. The van der Waals surface area contributed by atoms with Crippen molar-refractivity contribution in [2.45, 2.75) is 44.6 Å². The third kappa shape index (κ3) is 2.91. The second-order valence-corrected chi connectivity index (χ2v) is 6.20. The number of amides is 4. The van der Waals surface area contributed by atoms with Crippen LogP contribution in [0.5, 0.6) is 0 Å². The van der Waals surface area contributed by atoms with Gasteiger partial charge in [-0.15, -0.1) is 0 Å². The number of hydrogen-bond acceptors (Lipinski definition) is 4. The Morgan fingerprint density at radius 1 is 1.30 bits per heavy atom. The first kappa shape index (κ1) is 15.5. The summed E-state index contributed by atoms with van der Waals surface area (Å²) in [6, 6.07) is 3.13. The van der Waals surface area contributed by atoms with Gasteiger partial charge in [-0.05, 0) is 37.5 Å². The number of imide groups is 1. The van der Waals surface area contributed by atoms with Gasteiger partial charge in [-0.3, -0.25) is 20.2 Å². The number of pyridine rings is 1. The number of piperazine rings is 1. The van der Waals surface area contributed by atoms with Gasteiger partial charge in [0, 0.05) is 6.20 Å². The Kier molecular flexibility index (Phi) is 4.02. The third-order valence-corrected chi connectivity index (χ3v) is 4.57. The van der Waals surface area contributed by atoms with Crippen LogP contribution in [0.15, 0.2) is 18.3 Å². The van der Waals surface area contributed by atoms with E-state index in [0.29, 0.717) is 18.7 Å². The minimum absolute atomic E-state index is 0.108. The van der Waals surface area contributed by atoms with Gasteiger partial charge in [0.1, 0.15) is 17.9 Å². The van der Waals surface area contributed by atoms with Crippen LogP contribution in [0.1, 0.15) is 37.7 Å². The van der Waals surface area contributed by atoms with E-state index in [9.17, 15) is 14.4 Å². The van der Waals surface area contributed by atoms with E-state index in [1.54, 1.807) is 12.3 Å². The first-order chi connectivity index (χ1) is 11.0. The molecule has 0 aromatic carbocycles. The van der Waals surface area contributed by atoms with Crippen molar-refractivity contribution in [2.24, 2.45) is 0 Å². The molecule has 0 unspecified atom stereocenters. The predicted octanol–water partition coefficient (Wildman–Crippen LogP) is 1.58. The number of rotatable bonds is 1. The molecule has 7 heteroatoms. The Bertz CT molecular complexity index is 652. The average molecular weight is 316 g/mol. The maximum absolute atomic E-state index is 12.7. The van der Waals surface area contributed by atoms with E-state index in [4.69, 9.17) is 0 Å². The summed E-state index contributed by atoms with van der Waals surface area (Å²) in [6.45, 7) is 1.79. The zero-order chi connectivity index (χ0) is 16.4. The van der Waals surface area contributed by atoms with Crippen LogP contribution in [0.2, 0.25) is 0 Å². The molecule has 7 nitrogen and oxygen atoms in total. The quantitative estimate of drug-likeness (QED) is 0.770. The summed E-state index contributed by atoms with van der Waals surface area (Å²) in [5, 5.41) is 5.09. The fraction of sp³-hybridized carbons (Fsp3) is 0.500. The van der Waals surface area contributed by atoms with Gasteiger partial charge in [0.15, 0.2) is 0 Å². The maximum Gasteiger partial charge on any atom is 0.324 e. The Morgan fingerprint density at radius 3 is 2.74 bits per heavy atom. The fourth-order valence-electron chi connectivity index (χ4n) is 3.38. The third-order valence-electron chi connectivity index (χ3n) is 4.57. The van der Waals surface area contributed by atoms with Gasteiger partial charge >= 0.3 is 6.03 Å². The van der Waals surface area contributed by atoms with Crippen molar-refractivity contribution in [3.05, 3.63) is 23.9 Å². The monoisotopic (exact) mass is 316 g/mol. The normalized spacial score (nSPS) is 20.3. The van der Waals surface area contributed by atoms with Crippen LogP contribution in [-0.4, -0.2) is 39.8 Å². The van der Waals surface area contributed by atoms with E-state index in [1.807, 2.05) is 13.0 Å². The van der Waals surface area contributed by atoms with E-state index >= 15 is 0 Å². The van der Waals surface area contributed by atoms with Gasteiger partial charge in [0.05, 0.1) is 0 Å². The molecular formula is C16H20N4O3. The van der Waals surface area contributed by atoms with Crippen LogP contribution in [0.3, 0.4) is 0 Å². The first-order valence-corrected chi connectivity index (χ1v) is 7.87. The predicted molar refractivity (Wildman–Crippen MR) is 83.7 cm³/mol. The van der Waals surface area contributed by atoms with E-state index in [-0.39, 0.29) is 12.5 Å². The molecule has 0 atom stereocenters. The van der Waals surface area contributed by atoms with Crippen LogP contribution < -0.4 is 10.6 Å². The molecule has 3 rings (SSSR count). The summed E-state index contributed by atoms with van der Waals surface area (Å²) in [7, 11) is 0. The number of hydrogen-bond donors (Lipinski definition) is 2. The second kappa shape index (κ2) is 5.98. The number of carbonyl (C=O) groups is 3. The molecule has 1 aliphatic carbocycles. The highest BCUT2D eigenvalue weighted by Gasteiger charge is 2.51. The number of nitrogens with zero attached hydrogens (tertiary/aromatic N) is 2. The topological polar surface area (TPSA) is 91.4 Å². The Labute approximate surface area is 134 Å². The SMILES string of the molecule is Cc1ccnc(NC(=O)N2CC(=O)NC(=O)C23CCCCC3)c1. The van der Waals surface area contributed by atoms with Gasteiger partial charge in [0.25, 0.3) is 5.91 Å². The van der Waals surface area contributed by atoms with Crippen molar-refractivity contribution in [1.29, 1.82) is 0 Å². The molecule has 2 fully saturated rings. The highest BCUT2D eigenvalue weighted by atomic mass is 16.2. The van der Waals surface area contributed by atoms with Gasteiger partial charge in [-0.2, -0.15) is 0 Å². The van der Waals surface area contributed by atoms with Crippen LogP contribution in [-0.2, 0) is 9.59 Å². The number of aromatic nitrogens is 1. The minimum Gasteiger partial charge on any atom is -0.300 e. The fourth-order valence-corrected chi connectivity index (χ4v) is 3.38. The van der Waals surface area contributed by atoms with Gasteiger partial charge in [-0.25, -0.2) is 9.78 Å². The summed E-state index contributed by atoms with van der Waals surface area (Å²) in [6.07, 6.45) is 5.55. The van der Waals surface area contributed by atoms with Crippen molar-refractivity contribution < 1.29 is 14.4 Å². The molecule has 23 heavy (non-hydrogen) atoms. The summed E-state index contributed by atoms with van der Waals surface area (Å²) in [5.74, 6) is -0.390. The van der Waals surface area contributed by atoms with Crippen molar-refractivity contribution in [2.75, 3.05) is 11.9 Å². The zero-order valence-corrected chi connectivity index (χ0v) is 13.1. The van der Waals surface area contributed by atoms with Gasteiger partial charge < -0.3 is 4.90 Å². The molecule has 1 saturated heterocycles. The van der Waals surface area contributed by atoms with E-state index < -0.39 is 17.5 Å². The van der Waals surface area contributed by atoms with E-state index in [0.717, 1.165) is 24.8 Å². The Morgan fingerprint density at radius 2 is 2.04 bits per heavy atom. The lowest BCUT2D eigenvalue weighted by molar-refractivity contribution is -0.146. The molecule has 1 aliphatic heterocycles. The molecule has 0 radical (unpaired) electrons. The number of anilines is 1. The Balaban J connectivity index is 1.86.